The Morgan fingerprint density at radius 2 is 1.86 bits per heavy atom. The lowest BCUT2D eigenvalue weighted by atomic mass is 10.1. The van der Waals surface area contributed by atoms with Crippen LogP contribution in [0.2, 0.25) is 5.02 Å². The molecule has 0 aliphatic carbocycles. The van der Waals surface area contributed by atoms with E-state index >= 15 is 0 Å². The highest BCUT2D eigenvalue weighted by molar-refractivity contribution is 6.30. The van der Waals surface area contributed by atoms with E-state index in [9.17, 15) is 4.79 Å². The second kappa shape index (κ2) is 9.90. The molecule has 1 aromatic heterocycles. The molecule has 0 saturated heterocycles. The first-order chi connectivity index (χ1) is 13.6. The number of unbranched alkanes of at least 4 members (excludes halogenated alkanes) is 1. The molecule has 0 aliphatic rings. The topological polar surface area (TPSA) is 77.2 Å². The monoisotopic (exact) mass is 399 g/mol. The van der Waals surface area contributed by atoms with Crippen molar-refractivity contribution in [1.29, 1.82) is 0 Å². The number of methoxy groups -OCH3 is 1. The van der Waals surface area contributed by atoms with Crippen molar-refractivity contribution in [2.45, 2.75) is 32.2 Å². The highest BCUT2D eigenvalue weighted by Gasteiger charge is 2.10. The summed E-state index contributed by atoms with van der Waals surface area (Å²) in [6, 6.07) is 15.2. The van der Waals surface area contributed by atoms with Gasteiger partial charge in [0.2, 0.25) is 17.6 Å². The normalized spacial score (nSPS) is 10.6. The Hall–Kier alpha value is -2.86. The van der Waals surface area contributed by atoms with E-state index < -0.39 is 0 Å². The van der Waals surface area contributed by atoms with E-state index in [0.29, 0.717) is 23.2 Å². The molecule has 146 valence electrons. The molecule has 6 nitrogen and oxygen atoms in total. The van der Waals surface area contributed by atoms with Crippen molar-refractivity contribution < 1.29 is 14.1 Å². The van der Waals surface area contributed by atoms with Crippen LogP contribution in [0.5, 0.6) is 5.75 Å². The average molecular weight is 400 g/mol. The maximum atomic E-state index is 12.0. The molecule has 0 unspecified atom stereocenters. The summed E-state index contributed by atoms with van der Waals surface area (Å²) in [5.74, 6) is 1.67. The molecule has 0 aliphatic heterocycles. The Kier molecular flexibility index (Phi) is 7.03. The van der Waals surface area contributed by atoms with Gasteiger partial charge in [0, 0.05) is 17.0 Å². The van der Waals surface area contributed by atoms with Crippen molar-refractivity contribution >= 4 is 17.5 Å². The first-order valence-corrected chi connectivity index (χ1v) is 9.50. The van der Waals surface area contributed by atoms with E-state index in [-0.39, 0.29) is 12.5 Å². The van der Waals surface area contributed by atoms with Gasteiger partial charge in [0.15, 0.2) is 0 Å². The number of benzene rings is 2. The zero-order chi connectivity index (χ0) is 19.8. The van der Waals surface area contributed by atoms with Gasteiger partial charge in [0.25, 0.3) is 0 Å². The Bertz CT molecular complexity index is 892. The maximum Gasteiger partial charge on any atom is 0.246 e. The van der Waals surface area contributed by atoms with Crippen LogP contribution in [0.3, 0.4) is 0 Å². The number of carbonyl (C=O) groups excluding carboxylic acids is 1. The number of hydrogen-bond acceptors (Lipinski definition) is 5. The largest absolute Gasteiger partial charge is 0.497 e. The maximum absolute atomic E-state index is 12.0. The summed E-state index contributed by atoms with van der Waals surface area (Å²) in [7, 11) is 1.65. The minimum absolute atomic E-state index is 0.0269. The summed E-state index contributed by atoms with van der Waals surface area (Å²) in [6.45, 7) is 0.220. The molecule has 0 bridgehead atoms. The van der Waals surface area contributed by atoms with Gasteiger partial charge in [-0.1, -0.05) is 28.9 Å². The molecule has 1 amide bonds. The fraction of sp³-hybridized carbons (Fsp3) is 0.286. The fourth-order valence-electron chi connectivity index (χ4n) is 2.71. The van der Waals surface area contributed by atoms with Gasteiger partial charge in [-0.15, -0.1) is 0 Å². The van der Waals surface area contributed by atoms with Crippen molar-refractivity contribution in [3.63, 3.8) is 0 Å². The summed E-state index contributed by atoms with van der Waals surface area (Å²) in [5, 5.41) is 7.38. The minimum Gasteiger partial charge on any atom is -0.497 e. The van der Waals surface area contributed by atoms with Crippen LogP contribution in [0, 0.1) is 0 Å². The first kappa shape index (κ1) is 19.9. The van der Waals surface area contributed by atoms with Gasteiger partial charge in [-0.2, -0.15) is 4.98 Å². The van der Waals surface area contributed by atoms with E-state index in [0.717, 1.165) is 30.6 Å². The molecule has 28 heavy (non-hydrogen) atoms. The molecule has 0 atom stereocenters. The summed E-state index contributed by atoms with van der Waals surface area (Å²) in [4.78, 5) is 16.3. The van der Waals surface area contributed by atoms with Crippen LogP contribution in [0.4, 0.5) is 0 Å². The van der Waals surface area contributed by atoms with Crippen molar-refractivity contribution in [3.05, 3.63) is 65.0 Å². The van der Waals surface area contributed by atoms with E-state index in [1.54, 1.807) is 19.2 Å². The molecule has 0 saturated carbocycles. The van der Waals surface area contributed by atoms with Gasteiger partial charge in [0.05, 0.1) is 13.7 Å². The number of nitrogens with one attached hydrogen (secondary N) is 1. The van der Waals surface area contributed by atoms with Crippen molar-refractivity contribution in [1.82, 2.24) is 15.5 Å². The van der Waals surface area contributed by atoms with Crippen LogP contribution >= 0.6 is 11.6 Å². The van der Waals surface area contributed by atoms with E-state index in [1.807, 2.05) is 36.4 Å². The van der Waals surface area contributed by atoms with Gasteiger partial charge >= 0.3 is 0 Å². The van der Waals surface area contributed by atoms with Crippen molar-refractivity contribution in [3.8, 4) is 17.1 Å². The molecule has 0 spiro atoms. The molecule has 7 heteroatoms. The van der Waals surface area contributed by atoms with Crippen LogP contribution < -0.4 is 10.1 Å². The number of rotatable bonds is 9. The predicted molar refractivity (Wildman–Crippen MR) is 107 cm³/mol. The van der Waals surface area contributed by atoms with Gasteiger partial charge in [-0.3, -0.25) is 4.79 Å². The molecular weight excluding hydrogens is 378 g/mol. The van der Waals surface area contributed by atoms with Crippen LogP contribution in [0.1, 0.15) is 30.7 Å². The van der Waals surface area contributed by atoms with Crippen LogP contribution in [-0.2, 0) is 17.8 Å². The van der Waals surface area contributed by atoms with Crippen molar-refractivity contribution in [2.75, 3.05) is 7.11 Å². The SMILES string of the molecule is COc1ccc(CCCCC(=O)NCc2nc(-c3ccc(Cl)cc3)no2)cc1. The Balaban J connectivity index is 1.36. The van der Waals surface area contributed by atoms with E-state index in [1.165, 1.54) is 5.56 Å². The third-order valence-electron chi connectivity index (χ3n) is 4.29. The molecule has 1 N–H and O–H groups in total. The molecule has 0 radical (unpaired) electrons. The predicted octanol–water partition coefficient (Wildman–Crippen LogP) is 4.43. The van der Waals surface area contributed by atoms with E-state index in [4.69, 9.17) is 20.9 Å². The van der Waals surface area contributed by atoms with Gasteiger partial charge < -0.3 is 14.6 Å². The molecule has 1 heterocycles. The Morgan fingerprint density at radius 3 is 2.57 bits per heavy atom. The number of aryl methyl sites for hydroxylation is 1. The summed E-state index contributed by atoms with van der Waals surface area (Å²) in [6.07, 6.45) is 3.17. The third-order valence-corrected chi connectivity index (χ3v) is 4.54. The Labute approximate surface area is 168 Å². The summed E-state index contributed by atoms with van der Waals surface area (Å²) >= 11 is 5.87. The zero-order valence-electron chi connectivity index (χ0n) is 15.7. The van der Waals surface area contributed by atoms with E-state index in [2.05, 4.69) is 15.5 Å². The minimum atomic E-state index is -0.0269. The number of amides is 1. The number of nitrogens with zero attached hydrogens (tertiary/aromatic N) is 2. The quantitative estimate of drug-likeness (QED) is 0.538. The summed E-state index contributed by atoms with van der Waals surface area (Å²) in [5.41, 5.74) is 2.05. The van der Waals surface area contributed by atoms with Crippen molar-refractivity contribution in [2.24, 2.45) is 0 Å². The number of ether oxygens (including phenoxy) is 1. The molecule has 2 aromatic carbocycles. The number of hydrogen-bond donors (Lipinski definition) is 1. The fourth-order valence-corrected chi connectivity index (χ4v) is 2.84. The van der Waals surface area contributed by atoms with Crippen LogP contribution in [0.15, 0.2) is 53.1 Å². The second-order valence-electron chi connectivity index (χ2n) is 6.35. The lowest BCUT2D eigenvalue weighted by Crippen LogP contribution is -2.22. The third kappa shape index (κ3) is 5.82. The average Bonchev–Trinajstić information content (AvgIpc) is 3.20. The molecule has 0 fully saturated rings. The van der Waals surface area contributed by atoms with Gasteiger partial charge in [-0.25, -0.2) is 0 Å². The highest BCUT2D eigenvalue weighted by atomic mass is 35.5. The Morgan fingerprint density at radius 1 is 1.11 bits per heavy atom. The molecular formula is C21H22ClN3O3. The van der Waals surface area contributed by atoms with Crippen LogP contribution in [-0.4, -0.2) is 23.2 Å². The number of aromatic nitrogens is 2. The molecule has 3 rings (SSSR count). The smallest absolute Gasteiger partial charge is 0.246 e. The highest BCUT2D eigenvalue weighted by Crippen LogP contribution is 2.18. The lowest BCUT2D eigenvalue weighted by molar-refractivity contribution is -0.121. The first-order valence-electron chi connectivity index (χ1n) is 9.12. The van der Waals surface area contributed by atoms with Gasteiger partial charge in [-0.05, 0) is 61.2 Å². The lowest BCUT2D eigenvalue weighted by Gasteiger charge is -2.04. The number of carbonyl (C=O) groups is 1. The standard InChI is InChI=1S/C21H22ClN3O3/c1-27-18-12-6-15(7-13-18)4-2-3-5-19(26)23-14-20-24-21(25-28-20)16-8-10-17(22)11-9-16/h6-13H,2-5,14H2,1H3,(H,23,26). The second-order valence-corrected chi connectivity index (χ2v) is 6.79. The number of halogens is 1. The summed E-state index contributed by atoms with van der Waals surface area (Å²) < 4.78 is 10.3. The molecule has 3 aromatic rings. The van der Waals surface area contributed by atoms with Crippen LogP contribution in [0.25, 0.3) is 11.4 Å². The zero-order valence-corrected chi connectivity index (χ0v) is 16.4. The van der Waals surface area contributed by atoms with Gasteiger partial charge in [0.1, 0.15) is 5.75 Å².